The average Bonchev–Trinajstić information content (AvgIpc) is 2.53. The Labute approximate surface area is 124 Å². The molecule has 0 aliphatic heterocycles. The van der Waals surface area contributed by atoms with E-state index in [-0.39, 0.29) is 0 Å². The lowest BCUT2D eigenvalue weighted by Crippen LogP contribution is -2.30. The molecular formula is C16H21NO4. The summed E-state index contributed by atoms with van der Waals surface area (Å²) in [7, 11) is 2.67. The van der Waals surface area contributed by atoms with Gasteiger partial charge in [-0.25, -0.2) is 4.79 Å². The van der Waals surface area contributed by atoms with Crippen molar-refractivity contribution in [1.29, 1.82) is 0 Å². The van der Waals surface area contributed by atoms with Crippen LogP contribution in [0.5, 0.6) is 5.75 Å². The third kappa shape index (κ3) is 4.43. The number of carbonyl (C=O) groups is 1. The molecule has 5 nitrogen and oxygen atoms in total. The lowest BCUT2D eigenvalue weighted by atomic mass is 10.2. The van der Waals surface area contributed by atoms with Gasteiger partial charge in [0, 0.05) is 18.7 Å². The standard InChI is InChI=1S/C14H15NO4.C2H6/c1-9-6-10-7-11(4-5-12(10)15-8-9)19-14(18-3)13(16)17-2;1-2/h4-8,14H,1-3H3;1-2H3. The second-order valence-corrected chi connectivity index (χ2v) is 4.08. The number of nitrogens with zero attached hydrogens (tertiary/aromatic N) is 1. The molecule has 1 aromatic heterocycles. The quantitative estimate of drug-likeness (QED) is 0.640. The van der Waals surface area contributed by atoms with Crippen LogP contribution in [0.4, 0.5) is 0 Å². The van der Waals surface area contributed by atoms with Gasteiger partial charge in [0.25, 0.3) is 6.29 Å². The van der Waals surface area contributed by atoms with Gasteiger partial charge in [0.1, 0.15) is 5.75 Å². The van der Waals surface area contributed by atoms with E-state index in [2.05, 4.69) is 9.72 Å². The molecule has 5 heteroatoms. The van der Waals surface area contributed by atoms with Gasteiger partial charge in [0.2, 0.25) is 0 Å². The van der Waals surface area contributed by atoms with Gasteiger partial charge in [0.15, 0.2) is 0 Å². The summed E-state index contributed by atoms with van der Waals surface area (Å²) < 4.78 is 15.0. The number of carbonyl (C=O) groups excluding carboxylic acids is 1. The van der Waals surface area contributed by atoms with Crippen LogP contribution in [-0.4, -0.2) is 31.5 Å². The number of aromatic nitrogens is 1. The Morgan fingerprint density at radius 2 is 1.90 bits per heavy atom. The molecule has 1 unspecified atom stereocenters. The molecule has 0 spiro atoms. The Morgan fingerprint density at radius 1 is 1.19 bits per heavy atom. The van der Waals surface area contributed by atoms with Crippen molar-refractivity contribution in [3.05, 3.63) is 36.0 Å². The van der Waals surface area contributed by atoms with Crippen LogP contribution in [0.1, 0.15) is 19.4 Å². The first-order chi connectivity index (χ1) is 10.1. The lowest BCUT2D eigenvalue weighted by Gasteiger charge is -2.15. The molecule has 0 N–H and O–H groups in total. The molecule has 0 bridgehead atoms. The highest BCUT2D eigenvalue weighted by Crippen LogP contribution is 2.21. The number of hydrogen-bond donors (Lipinski definition) is 0. The van der Waals surface area contributed by atoms with Gasteiger partial charge in [-0.2, -0.15) is 0 Å². The highest BCUT2D eigenvalue weighted by Gasteiger charge is 2.20. The number of aryl methyl sites for hydroxylation is 1. The van der Waals surface area contributed by atoms with Crippen LogP contribution in [0, 0.1) is 6.92 Å². The zero-order valence-corrected chi connectivity index (χ0v) is 13.0. The molecule has 1 heterocycles. The highest BCUT2D eigenvalue weighted by atomic mass is 16.7. The van der Waals surface area contributed by atoms with E-state index in [9.17, 15) is 4.79 Å². The summed E-state index contributed by atoms with van der Waals surface area (Å²) >= 11 is 0. The van der Waals surface area contributed by atoms with E-state index in [1.807, 2.05) is 39.0 Å². The van der Waals surface area contributed by atoms with Crippen molar-refractivity contribution in [2.75, 3.05) is 14.2 Å². The first kappa shape index (κ1) is 16.9. The summed E-state index contributed by atoms with van der Waals surface area (Å²) in [6, 6.07) is 7.37. The average molecular weight is 291 g/mol. The number of hydrogen-bond acceptors (Lipinski definition) is 5. The number of esters is 1. The van der Waals surface area contributed by atoms with Crippen molar-refractivity contribution < 1.29 is 19.0 Å². The monoisotopic (exact) mass is 291 g/mol. The normalized spacial score (nSPS) is 11.3. The smallest absolute Gasteiger partial charge is 0.376 e. The second kappa shape index (κ2) is 8.21. The molecule has 114 valence electrons. The number of ether oxygens (including phenoxy) is 3. The number of methoxy groups -OCH3 is 2. The topological polar surface area (TPSA) is 57.7 Å². The van der Waals surface area contributed by atoms with Gasteiger partial charge in [-0.05, 0) is 36.8 Å². The fraction of sp³-hybridized carbons (Fsp3) is 0.375. The van der Waals surface area contributed by atoms with Crippen LogP contribution < -0.4 is 4.74 Å². The first-order valence-corrected chi connectivity index (χ1v) is 6.77. The van der Waals surface area contributed by atoms with Gasteiger partial charge in [-0.1, -0.05) is 13.8 Å². The van der Waals surface area contributed by atoms with E-state index in [1.165, 1.54) is 14.2 Å². The van der Waals surface area contributed by atoms with Crippen molar-refractivity contribution >= 4 is 16.9 Å². The zero-order chi connectivity index (χ0) is 15.8. The third-order valence-electron chi connectivity index (χ3n) is 2.64. The van der Waals surface area contributed by atoms with Crippen molar-refractivity contribution in [2.24, 2.45) is 0 Å². The summed E-state index contributed by atoms with van der Waals surface area (Å²) in [5, 5.41) is 0.942. The summed E-state index contributed by atoms with van der Waals surface area (Å²) in [6.07, 6.45) is 0.732. The third-order valence-corrected chi connectivity index (χ3v) is 2.64. The fourth-order valence-corrected chi connectivity index (χ4v) is 1.71. The van der Waals surface area contributed by atoms with Crippen molar-refractivity contribution in [3.63, 3.8) is 0 Å². The van der Waals surface area contributed by atoms with E-state index in [0.29, 0.717) is 5.75 Å². The van der Waals surface area contributed by atoms with E-state index < -0.39 is 12.3 Å². The molecule has 0 amide bonds. The van der Waals surface area contributed by atoms with Crippen LogP contribution in [-0.2, 0) is 14.3 Å². The van der Waals surface area contributed by atoms with Gasteiger partial charge in [-0.3, -0.25) is 4.98 Å². The summed E-state index contributed by atoms with van der Waals surface area (Å²) in [5.74, 6) is -0.0536. The molecular weight excluding hydrogens is 270 g/mol. The lowest BCUT2D eigenvalue weighted by molar-refractivity contribution is -0.170. The minimum atomic E-state index is -1.07. The minimum Gasteiger partial charge on any atom is -0.464 e. The number of fused-ring (bicyclic) bond motifs is 1. The summed E-state index contributed by atoms with van der Waals surface area (Å²) in [5.41, 5.74) is 1.92. The van der Waals surface area contributed by atoms with Crippen molar-refractivity contribution in [2.45, 2.75) is 27.1 Å². The maximum atomic E-state index is 11.4. The predicted octanol–water partition coefficient (Wildman–Crippen LogP) is 3.09. The molecule has 0 saturated heterocycles. The summed E-state index contributed by atoms with van der Waals surface area (Å²) in [6.45, 7) is 5.96. The van der Waals surface area contributed by atoms with Gasteiger partial charge < -0.3 is 14.2 Å². The molecule has 0 radical (unpaired) electrons. The number of pyridine rings is 1. The minimum absolute atomic E-state index is 0.525. The largest absolute Gasteiger partial charge is 0.464 e. The highest BCUT2D eigenvalue weighted by molar-refractivity contribution is 5.80. The number of rotatable bonds is 4. The van der Waals surface area contributed by atoms with E-state index in [4.69, 9.17) is 9.47 Å². The van der Waals surface area contributed by atoms with Crippen LogP contribution in [0.25, 0.3) is 10.9 Å². The Hall–Kier alpha value is -2.14. The van der Waals surface area contributed by atoms with Crippen LogP contribution >= 0.6 is 0 Å². The molecule has 21 heavy (non-hydrogen) atoms. The fourth-order valence-electron chi connectivity index (χ4n) is 1.71. The van der Waals surface area contributed by atoms with Crippen LogP contribution in [0.3, 0.4) is 0 Å². The molecule has 1 aromatic carbocycles. The van der Waals surface area contributed by atoms with Crippen LogP contribution in [0.2, 0.25) is 0 Å². The Bertz CT molecular complexity index is 598. The Balaban J connectivity index is 0.00000106. The molecule has 1 atom stereocenters. The molecule has 0 saturated carbocycles. The van der Waals surface area contributed by atoms with E-state index in [1.54, 1.807) is 12.3 Å². The Kier molecular flexibility index (Phi) is 6.62. The van der Waals surface area contributed by atoms with Crippen molar-refractivity contribution in [3.8, 4) is 5.75 Å². The van der Waals surface area contributed by atoms with Gasteiger partial charge in [0.05, 0.1) is 12.6 Å². The Morgan fingerprint density at radius 3 is 2.52 bits per heavy atom. The summed E-state index contributed by atoms with van der Waals surface area (Å²) in [4.78, 5) is 15.7. The molecule has 2 aromatic rings. The SMILES string of the molecule is CC.COC(=O)C(OC)Oc1ccc2ncc(C)cc2c1. The number of benzene rings is 1. The van der Waals surface area contributed by atoms with E-state index >= 15 is 0 Å². The molecule has 0 fully saturated rings. The van der Waals surface area contributed by atoms with Gasteiger partial charge in [-0.15, -0.1) is 0 Å². The molecule has 0 aliphatic rings. The molecule has 2 rings (SSSR count). The molecule has 0 aliphatic carbocycles. The van der Waals surface area contributed by atoms with Crippen molar-refractivity contribution in [1.82, 2.24) is 4.98 Å². The maximum Gasteiger partial charge on any atom is 0.376 e. The van der Waals surface area contributed by atoms with Gasteiger partial charge >= 0.3 is 5.97 Å². The second-order valence-electron chi connectivity index (χ2n) is 4.08. The predicted molar refractivity (Wildman–Crippen MR) is 81.3 cm³/mol. The zero-order valence-electron chi connectivity index (χ0n) is 13.0. The first-order valence-electron chi connectivity index (χ1n) is 6.77. The van der Waals surface area contributed by atoms with E-state index in [0.717, 1.165) is 16.5 Å². The maximum absolute atomic E-state index is 11.4. The van der Waals surface area contributed by atoms with Crippen LogP contribution in [0.15, 0.2) is 30.5 Å².